The molecule has 0 amide bonds. The van der Waals surface area contributed by atoms with Crippen molar-refractivity contribution >= 4 is 44.7 Å². The van der Waals surface area contributed by atoms with Crippen molar-refractivity contribution in [3.05, 3.63) is 103 Å². The summed E-state index contributed by atoms with van der Waals surface area (Å²) in [4.78, 5) is 10.2. The molecule has 0 aliphatic rings. The molecule has 152 valence electrons. The molecular weight excluding hydrogens is 394 g/mol. The van der Waals surface area contributed by atoms with Crippen LogP contribution in [0.5, 0.6) is 0 Å². The highest BCUT2D eigenvalue weighted by atomic mass is 15.3. The number of aryl methyl sites for hydroxylation is 1. The molecule has 3 aromatic heterocycles. The van der Waals surface area contributed by atoms with Gasteiger partial charge in [0, 0.05) is 0 Å². The zero-order valence-electron chi connectivity index (χ0n) is 17.5. The van der Waals surface area contributed by atoms with Crippen LogP contribution in [0.25, 0.3) is 50.3 Å². The van der Waals surface area contributed by atoms with Crippen LogP contribution in [0.15, 0.2) is 97.1 Å². The van der Waals surface area contributed by atoms with E-state index in [9.17, 15) is 0 Å². The maximum absolute atomic E-state index is 5.10. The minimum absolute atomic E-state index is 0.830. The van der Waals surface area contributed by atoms with Crippen LogP contribution < -0.4 is 0 Å². The number of imidazole rings is 2. The van der Waals surface area contributed by atoms with Gasteiger partial charge in [-0.15, -0.1) is 0 Å². The molecule has 0 fully saturated rings. The number of hydrogen-bond acceptors (Lipinski definition) is 2. The monoisotopic (exact) mass is 413 g/mol. The molecule has 0 N–H and O–H groups in total. The van der Waals surface area contributed by atoms with Crippen LogP contribution >= 0.6 is 0 Å². The first-order valence-corrected chi connectivity index (χ1v) is 10.7. The number of benzene rings is 4. The quantitative estimate of drug-likeness (QED) is 0.326. The van der Waals surface area contributed by atoms with E-state index in [0.29, 0.717) is 0 Å². The zero-order valence-corrected chi connectivity index (χ0v) is 17.5. The van der Waals surface area contributed by atoms with Gasteiger partial charge in [-0.3, -0.25) is 8.80 Å². The third-order valence-electron chi connectivity index (χ3n) is 6.11. The molecule has 7 aromatic rings. The Kier molecular flexibility index (Phi) is 3.41. The first-order valence-electron chi connectivity index (χ1n) is 10.7. The lowest BCUT2D eigenvalue weighted by atomic mass is 10.2. The van der Waals surface area contributed by atoms with Crippen molar-refractivity contribution in [1.29, 1.82) is 0 Å². The summed E-state index contributed by atoms with van der Waals surface area (Å²) in [7, 11) is 0. The largest absolute Gasteiger partial charge is 0.276 e. The zero-order chi connectivity index (χ0) is 21.2. The summed E-state index contributed by atoms with van der Waals surface area (Å²) in [6.07, 6.45) is 0. The van der Waals surface area contributed by atoms with Gasteiger partial charge < -0.3 is 0 Å². The van der Waals surface area contributed by atoms with Gasteiger partial charge in [-0.25, -0.2) is 14.5 Å². The lowest BCUT2D eigenvalue weighted by Gasteiger charge is -2.06. The Balaban J connectivity index is 1.91. The van der Waals surface area contributed by atoms with Crippen molar-refractivity contribution in [2.24, 2.45) is 0 Å². The van der Waals surface area contributed by atoms with E-state index in [0.717, 1.165) is 50.3 Å². The first kappa shape index (κ1) is 17.3. The van der Waals surface area contributed by atoms with Crippen LogP contribution in [0.4, 0.5) is 0 Å². The SMILES string of the molecule is Cc1ccc2c(c1)n1c3ccccc3nc1n(-c1ccccc1)c1nc3ccccc3n21. The van der Waals surface area contributed by atoms with Gasteiger partial charge in [0.25, 0.3) is 0 Å². The summed E-state index contributed by atoms with van der Waals surface area (Å²) in [5.74, 6) is 1.66. The molecule has 5 heteroatoms. The lowest BCUT2D eigenvalue weighted by molar-refractivity contribution is 1.03. The maximum Gasteiger partial charge on any atom is 0.223 e. The van der Waals surface area contributed by atoms with Gasteiger partial charge in [-0.2, -0.15) is 0 Å². The Morgan fingerprint density at radius 3 is 1.75 bits per heavy atom. The van der Waals surface area contributed by atoms with Gasteiger partial charge in [0.15, 0.2) is 0 Å². The number of hydrogen-bond donors (Lipinski definition) is 0. The lowest BCUT2D eigenvalue weighted by Crippen LogP contribution is -2.01. The van der Waals surface area contributed by atoms with Crippen molar-refractivity contribution in [1.82, 2.24) is 23.3 Å². The molecule has 0 spiro atoms. The minimum Gasteiger partial charge on any atom is -0.276 e. The molecule has 0 aliphatic carbocycles. The predicted octanol–water partition coefficient (Wildman–Crippen LogP) is 6.10. The molecule has 0 radical (unpaired) electrons. The molecule has 3 heterocycles. The topological polar surface area (TPSA) is 39.5 Å². The second-order valence-electron chi connectivity index (χ2n) is 8.13. The summed E-state index contributed by atoms with van der Waals surface area (Å²) in [6.45, 7) is 2.13. The van der Waals surface area contributed by atoms with E-state index in [1.807, 2.05) is 18.2 Å². The Bertz CT molecular complexity index is 1830. The van der Waals surface area contributed by atoms with Crippen molar-refractivity contribution < 1.29 is 0 Å². The van der Waals surface area contributed by atoms with Crippen molar-refractivity contribution in [3.8, 4) is 5.69 Å². The van der Waals surface area contributed by atoms with Crippen molar-refractivity contribution in [2.75, 3.05) is 0 Å². The highest BCUT2D eigenvalue weighted by Gasteiger charge is 2.18. The Morgan fingerprint density at radius 1 is 0.531 bits per heavy atom. The summed E-state index contributed by atoms with van der Waals surface area (Å²) in [5.41, 5.74) is 8.46. The smallest absolute Gasteiger partial charge is 0.223 e. The number of rotatable bonds is 1. The summed E-state index contributed by atoms with van der Waals surface area (Å²) < 4.78 is 6.67. The van der Waals surface area contributed by atoms with Crippen LogP contribution in [-0.2, 0) is 0 Å². The second kappa shape index (κ2) is 6.31. The third-order valence-corrected chi connectivity index (χ3v) is 6.11. The number of nitrogens with zero attached hydrogens (tertiary/aromatic N) is 5. The highest BCUT2D eigenvalue weighted by molar-refractivity contribution is 5.93. The fourth-order valence-electron chi connectivity index (χ4n) is 4.70. The van der Waals surface area contributed by atoms with Crippen LogP contribution in [0.2, 0.25) is 0 Å². The van der Waals surface area contributed by atoms with Gasteiger partial charge in [-0.05, 0) is 61.0 Å². The minimum atomic E-state index is 0.830. The van der Waals surface area contributed by atoms with E-state index in [-0.39, 0.29) is 0 Å². The molecule has 5 nitrogen and oxygen atoms in total. The fourth-order valence-corrected chi connectivity index (χ4v) is 4.70. The molecule has 0 aliphatic heterocycles. The standard InChI is InChI=1S/C27H19N5/c1-18-15-16-24-25(17-18)32-23-14-8-6-12-21(23)29-27(32)30(19-9-3-2-4-10-19)26-28-20-11-5-7-13-22(20)31(24)26/h2-17H,1H3. The van der Waals surface area contributed by atoms with E-state index in [2.05, 4.69) is 99.2 Å². The highest BCUT2D eigenvalue weighted by Crippen LogP contribution is 2.29. The van der Waals surface area contributed by atoms with Crippen molar-refractivity contribution in [3.63, 3.8) is 0 Å². The van der Waals surface area contributed by atoms with E-state index >= 15 is 0 Å². The van der Waals surface area contributed by atoms with E-state index in [4.69, 9.17) is 9.97 Å². The molecule has 0 unspecified atom stereocenters. The van der Waals surface area contributed by atoms with Crippen molar-refractivity contribution in [2.45, 2.75) is 6.92 Å². The Labute approximate surface area is 183 Å². The number of para-hydroxylation sites is 5. The maximum atomic E-state index is 5.10. The molecule has 7 rings (SSSR count). The molecular formula is C27H19N5. The number of fused-ring (bicyclic) bond motifs is 9. The van der Waals surface area contributed by atoms with E-state index in [1.165, 1.54) is 5.56 Å². The fraction of sp³-hybridized carbons (Fsp3) is 0.0370. The second-order valence-corrected chi connectivity index (χ2v) is 8.13. The average Bonchev–Trinajstić information content (AvgIpc) is 3.36. The Morgan fingerprint density at radius 2 is 1.09 bits per heavy atom. The van der Waals surface area contributed by atoms with Crippen LogP contribution in [0.3, 0.4) is 0 Å². The number of aromatic nitrogens is 5. The van der Waals surface area contributed by atoms with Crippen LogP contribution in [0.1, 0.15) is 5.56 Å². The van der Waals surface area contributed by atoms with Gasteiger partial charge in [0.05, 0.1) is 38.8 Å². The van der Waals surface area contributed by atoms with Gasteiger partial charge in [0.1, 0.15) is 0 Å². The predicted molar refractivity (Wildman–Crippen MR) is 129 cm³/mol. The van der Waals surface area contributed by atoms with E-state index in [1.54, 1.807) is 0 Å². The molecule has 0 saturated heterocycles. The summed E-state index contributed by atoms with van der Waals surface area (Å²) in [5, 5.41) is 0. The van der Waals surface area contributed by atoms with Gasteiger partial charge in [0.2, 0.25) is 11.6 Å². The average molecular weight is 413 g/mol. The van der Waals surface area contributed by atoms with Gasteiger partial charge >= 0.3 is 0 Å². The van der Waals surface area contributed by atoms with E-state index < -0.39 is 0 Å². The summed E-state index contributed by atoms with van der Waals surface area (Å²) >= 11 is 0. The van der Waals surface area contributed by atoms with Crippen LogP contribution in [-0.4, -0.2) is 23.3 Å². The third kappa shape index (κ3) is 2.28. The molecule has 0 bridgehead atoms. The molecule has 0 atom stereocenters. The first-order chi connectivity index (χ1) is 15.8. The molecule has 0 saturated carbocycles. The Hall–Kier alpha value is -4.38. The van der Waals surface area contributed by atoms with Gasteiger partial charge in [-0.1, -0.05) is 48.5 Å². The summed E-state index contributed by atoms with van der Waals surface area (Å²) in [6, 6.07) is 33.5. The normalized spacial score (nSPS) is 11.9. The molecule has 4 aromatic carbocycles. The van der Waals surface area contributed by atoms with Crippen LogP contribution in [0, 0.1) is 6.92 Å². The molecule has 32 heavy (non-hydrogen) atoms.